The Morgan fingerprint density at radius 1 is 1.11 bits per heavy atom. The smallest absolute Gasteiger partial charge is 0.246 e. The van der Waals surface area contributed by atoms with Crippen molar-refractivity contribution in [3.8, 4) is 22.7 Å². The normalized spacial score (nSPS) is 13.8. The molecule has 196 valence electrons. The summed E-state index contributed by atoms with van der Waals surface area (Å²) in [5.74, 6) is 0.703. The number of carbonyl (C=O) groups is 2. The Hall–Kier alpha value is -3.40. The molecule has 9 nitrogen and oxygen atoms in total. The Balaban J connectivity index is 1.53. The van der Waals surface area contributed by atoms with Crippen LogP contribution in [0.15, 0.2) is 54.7 Å². The highest BCUT2D eigenvalue weighted by Crippen LogP contribution is 2.26. The second-order valence-corrected chi connectivity index (χ2v) is 9.13. The topological polar surface area (TPSA) is 88.9 Å². The molecule has 1 aliphatic heterocycles. The Morgan fingerprint density at radius 3 is 2.46 bits per heavy atom. The fourth-order valence-electron chi connectivity index (χ4n) is 4.11. The average Bonchev–Trinajstić information content (AvgIpc) is 3.35. The summed E-state index contributed by atoms with van der Waals surface area (Å²) in [6.45, 7) is 5.95. The molecule has 10 heteroatoms. The zero-order valence-corrected chi connectivity index (χ0v) is 21.9. The van der Waals surface area contributed by atoms with E-state index in [0.29, 0.717) is 49.4 Å². The largest absolute Gasteiger partial charge is 0.497 e. The van der Waals surface area contributed by atoms with Gasteiger partial charge in [-0.05, 0) is 36.4 Å². The highest BCUT2D eigenvalue weighted by molar-refractivity contribution is 6.30. The van der Waals surface area contributed by atoms with Crippen molar-refractivity contribution in [3.63, 3.8) is 0 Å². The van der Waals surface area contributed by atoms with Crippen molar-refractivity contribution in [2.75, 3.05) is 58.4 Å². The molecule has 2 amide bonds. The van der Waals surface area contributed by atoms with Crippen LogP contribution in [0.3, 0.4) is 0 Å². The van der Waals surface area contributed by atoms with Crippen LogP contribution >= 0.6 is 11.6 Å². The zero-order chi connectivity index (χ0) is 26.2. The number of carbonyl (C=O) groups excluding carboxylic acids is 2. The number of imidazole rings is 1. The van der Waals surface area contributed by atoms with Crippen molar-refractivity contribution in [3.05, 3.63) is 59.8 Å². The number of aromatic nitrogens is 2. The van der Waals surface area contributed by atoms with E-state index in [9.17, 15) is 9.59 Å². The fourth-order valence-corrected chi connectivity index (χ4v) is 4.23. The van der Waals surface area contributed by atoms with E-state index in [1.54, 1.807) is 35.6 Å². The first-order chi connectivity index (χ1) is 18.0. The average molecular weight is 526 g/mol. The van der Waals surface area contributed by atoms with Gasteiger partial charge < -0.3 is 14.4 Å². The highest BCUT2D eigenvalue weighted by Gasteiger charge is 2.20. The van der Waals surface area contributed by atoms with Gasteiger partial charge in [-0.1, -0.05) is 30.7 Å². The lowest BCUT2D eigenvalue weighted by atomic mass is 10.2. The molecule has 37 heavy (non-hydrogen) atoms. The molecule has 2 aromatic carbocycles. The van der Waals surface area contributed by atoms with Crippen LogP contribution in [0.25, 0.3) is 16.9 Å². The van der Waals surface area contributed by atoms with Crippen molar-refractivity contribution in [2.24, 2.45) is 0 Å². The number of anilines is 1. The molecule has 0 spiro atoms. The number of hydrogen-bond donors (Lipinski definition) is 1. The number of halogens is 1. The molecule has 1 N–H and O–H groups in total. The molecular formula is C27H32ClN5O4. The van der Waals surface area contributed by atoms with E-state index in [-0.39, 0.29) is 18.4 Å². The van der Waals surface area contributed by atoms with Crippen molar-refractivity contribution in [1.82, 2.24) is 19.4 Å². The molecule has 2 heterocycles. The van der Waals surface area contributed by atoms with Crippen LogP contribution in [-0.2, 0) is 14.3 Å². The van der Waals surface area contributed by atoms with Gasteiger partial charge in [0.2, 0.25) is 17.8 Å². The number of benzene rings is 2. The number of hydrogen-bond acceptors (Lipinski definition) is 6. The summed E-state index contributed by atoms with van der Waals surface area (Å²) in [5.41, 5.74) is 2.34. The maximum Gasteiger partial charge on any atom is 0.246 e. The summed E-state index contributed by atoms with van der Waals surface area (Å²) < 4.78 is 12.5. The van der Waals surface area contributed by atoms with Gasteiger partial charge in [0.25, 0.3) is 0 Å². The molecule has 0 atom stereocenters. The molecule has 0 radical (unpaired) electrons. The highest BCUT2D eigenvalue weighted by atomic mass is 35.5. The van der Waals surface area contributed by atoms with E-state index in [1.807, 2.05) is 42.6 Å². The third-order valence-electron chi connectivity index (χ3n) is 6.23. The summed E-state index contributed by atoms with van der Waals surface area (Å²) in [7, 11) is 1.61. The molecule has 1 saturated heterocycles. The Morgan fingerprint density at radius 2 is 1.81 bits per heavy atom. The molecule has 1 fully saturated rings. The molecular weight excluding hydrogens is 494 g/mol. The SMILES string of the molecule is CCC(=O)N(CCN1CCOCC1)CC(=O)Nc1nc(-c2ccc(Cl)cc2)cn1-c1ccc(OC)cc1. The predicted molar refractivity (Wildman–Crippen MR) is 143 cm³/mol. The maximum atomic E-state index is 13.1. The first-order valence-electron chi connectivity index (χ1n) is 12.3. The first-order valence-corrected chi connectivity index (χ1v) is 12.7. The maximum absolute atomic E-state index is 13.1. The number of methoxy groups -OCH3 is 1. The van der Waals surface area contributed by atoms with Crippen LogP contribution in [0.1, 0.15) is 13.3 Å². The minimum atomic E-state index is -0.313. The molecule has 0 saturated carbocycles. The summed E-state index contributed by atoms with van der Waals surface area (Å²) in [5, 5.41) is 3.54. The van der Waals surface area contributed by atoms with Crippen LogP contribution in [0.2, 0.25) is 5.02 Å². The molecule has 3 aromatic rings. The van der Waals surface area contributed by atoms with Crippen LogP contribution in [-0.4, -0.2) is 84.2 Å². The summed E-state index contributed by atoms with van der Waals surface area (Å²) in [6.07, 6.45) is 2.19. The van der Waals surface area contributed by atoms with Crippen molar-refractivity contribution < 1.29 is 19.1 Å². The number of nitrogens with one attached hydrogen (secondary N) is 1. The van der Waals surface area contributed by atoms with Gasteiger partial charge >= 0.3 is 0 Å². The third-order valence-corrected chi connectivity index (χ3v) is 6.48. The second-order valence-electron chi connectivity index (χ2n) is 8.70. The first kappa shape index (κ1) is 26.7. The van der Waals surface area contributed by atoms with E-state index in [4.69, 9.17) is 26.1 Å². The van der Waals surface area contributed by atoms with Gasteiger partial charge in [0.1, 0.15) is 5.75 Å². The van der Waals surface area contributed by atoms with Crippen LogP contribution in [0.4, 0.5) is 5.95 Å². The molecule has 1 aliphatic rings. The Labute approximate surface area is 221 Å². The minimum Gasteiger partial charge on any atom is -0.497 e. The molecule has 0 bridgehead atoms. The van der Waals surface area contributed by atoms with Crippen molar-refractivity contribution in [2.45, 2.75) is 13.3 Å². The van der Waals surface area contributed by atoms with Crippen LogP contribution in [0, 0.1) is 0 Å². The quantitative estimate of drug-likeness (QED) is 0.434. The number of morpholine rings is 1. The lowest BCUT2D eigenvalue weighted by Gasteiger charge is -2.29. The lowest BCUT2D eigenvalue weighted by Crippen LogP contribution is -2.45. The fraction of sp³-hybridized carbons (Fsp3) is 0.370. The van der Waals surface area contributed by atoms with Crippen molar-refractivity contribution in [1.29, 1.82) is 0 Å². The predicted octanol–water partition coefficient (Wildman–Crippen LogP) is 3.71. The molecule has 4 rings (SSSR count). The number of ether oxygens (including phenoxy) is 2. The lowest BCUT2D eigenvalue weighted by molar-refractivity contribution is -0.134. The van der Waals surface area contributed by atoms with E-state index in [0.717, 1.165) is 30.1 Å². The summed E-state index contributed by atoms with van der Waals surface area (Å²) in [4.78, 5) is 34.3. The minimum absolute atomic E-state index is 0.0528. The molecule has 0 aliphatic carbocycles. The monoisotopic (exact) mass is 525 g/mol. The van der Waals surface area contributed by atoms with E-state index >= 15 is 0 Å². The van der Waals surface area contributed by atoms with Crippen LogP contribution in [0.5, 0.6) is 5.75 Å². The zero-order valence-electron chi connectivity index (χ0n) is 21.2. The molecule has 1 aromatic heterocycles. The van der Waals surface area contributed by atoms with Gasteiger partial charge in [0.05, 0.1) is 32.6 Å². The second kappa shape index (κ2) is 12.7. The number of rotatable bonds is 10. The van der Waals surface area contributed by atoms with E-state index < -0.39 is 0 Å². The van der Waals surface area contributed by atoms with E-state index in [2.05, 4.69) is 10.2 Å². The van der Waals surface area contributed by atoms with Gasteiger partial charge in [0, 0.05) is 55.1 Å². The summed E-state index contributed by atoms with van der Waals surface area (Å²) in [6, 6.07) is 14.8. The van der Waals surface area contributed by atoms with Gasteiger partial charge in [-0.15, -0.1) is 0 Å². The molecule has 0 unspecified atom stereocenters. The van der Waals surface area contributed by atoms with Gasteiger partial charge in [-0.3, -0.25) is 24.4 Å². The Bertz CT molecular complexity index is 1190. The number of amides is 2. The summed E-state index contributed by atoms with van der Waals surface area (Å²) >= 11 is 6.05. The van der Waals surface area contributed by atoms with Gasteiger partial charge in [0.15, 0.2) is 0 Å². The third kappa shape index (κ3) is 7.09. The standard InChI is InChI=1S/C27H32ClN5O4/c1-3-26(35)32(13-12-31-14-16-37-17-15-31)19-25(34)30-27-29-24(20-4-6-21(28)7-5-20)18-33(27)22-8-10-23(36-2)11-9-22/h4-11,18H,3,12-17,19H2,1-2H3,(H,29,30,34). The van der Waals surface area contributed by atoms with Crippen LogP contribution < -0.4 is 10.1 Å². The van der Waals surface area contributed by atoms with E-state index in [1.165, 1.54) is 0 Å². The van der Waals surface area contributed by atoms with Gasteiger partial charge in [-0.25, -0.2) is 4.98 Å². The number of nitrogens with zero attached hydrogens (tertiary/aromatic N) is 4. The van der Waals surface area contributed by atoms with Crippen molar-refractivity contribution >= 4 is 29.4 Å². The van der Waals surface area contributed by atoms with Gasteiger partial charge in [-0.2, -0.15) is 0 Å². The Kier molecular flexibility index (Phi) is 9.16.